The molecule has 1 saturated heterocycles. The summed E-state index contributed by atoms with van der Waals surface area (Å²) >= 11 is 0. The third-order valence-electron chi connectivity index (χ3n) is 4.26. The third kappa shape index (κ3) is 6.71. The Kier molecular flexibility index (Phi) is 7.93. The van der Waals surface area contributed by atoms with Gasteiger partial charge in [0, 0.05) is 31.9 Å². The molecule has 0 unspecified atom stereocenters. The number of ether oxygens (including phenoxy) is 1. The molecule has 1 fully saturated rings. The van der Waals surface area contributed by atoms with Gasteiger partial charge in [0.25, 0.3) is 0 Å². The second-order valence-corrected chi connectivity index (χ2v) is 8.78. The summed E-state index contributed by atoms with van der Waals surface area (Å²) in [7, 11) is -1.98. The molecule has 2 rings (SSSR count). The highest BCUT2D eigenvalue weighted by molar-refractivity contribution is 7.89. The summed E-state index contributed by atoms with van der Waals surface area (Å²) in [6.07, 6.45) is 1.37. The van der Waals surface area contributed by atoms with Gasteiger partial charge in [-0.25, -0.2) is 18.4 Å². The monoisotopic (exact) mass is 399 g/mol. The van der Waals surface area contributed by atoms with E-state index in [-0.39, 0.29) is 24.7 Å². The fourth-order valence-corrected chi connectivity index (χ4v) is 3.94. The first-order valence-electron chi connectivity index (χ1n) is 9.20. The zero-order valence-electron chi connectivity index (χ0n) is 16.3. The van der Waals surface area contributed by atoms with E-state index in [1.165, 1.54) is 7.05 Å². The predicted molar refractivity (Wildman–Crippen MR) is 103 cm³/mol. The number of carbonyl (C=O) groups is 1. The Morgan fingerprint density at radius 2 is 2.04 bits per heavy atom. The number of anilines is 1. The van der Waals surface area contributed by atoms with Crippen molar-refractivity contribution in [1.82, 2.24) is 19.6 Å². The lowest BCUT2D eigenvalue weighted by atomic mass is 10.3. The highest BCUT2D eigenvalue weighted by Crippen LogP contribution is 2.14. The number of nitrogens with zero attached hydrogens (tertiary/aromatic N) is 4. The summed E-state index contributed by atoms with van der Waals surface area (Å²) in [5.41, 5.74) is 0.815. The van der Waals surface area contributed by atoms with Gasteiger partial charge >= 0.3 is 0 Å². The summed E-state index contributed by atoms with van der Waals surface area (Å²) < 4.78 is 30.6. The van der Waals surface area contributed by atoms with Crippen molar-refractivity contribution in [2.75, 3.05) is 50.5 Å². The number of hydrogen-bond acceptors (Lipinski definition) is 7. The Hall–Kier alpha value is -1.78. The maximum atomic E-state index is 12.1. The van der Waals surface area contributed by atoms with Gasteiger partial charge in [0.15, 0.2) is 0 Å². The van der Waals surface area contributed by atoms with Gasteiger partial charge in [-0.3, -0.25) is 4.79 Å². The van der Waals surface area contributed by atoms with Gasteiger partial charge in [-0.1, -0.05) is 13.3 Å². The summed E-state index contributed by atoms with van der Waals surface area (Å²) in [6, 6.07) is 1.91. The zero-order chi connectivity index (χ0) is 19.9. The highest BCUT2D eigenvalue weighted by Gasteiger charge is 2.20. The van der Waals surface area contributed by atoms with Gasteiger partial charge in [0.2, 0.25) is 15.9 Å². The summed E-state index contributed by atoms with van der Waals surface area (Å²) in [4.78, 5) is 23.1. The van der Waals surface area contributed by atoms with E-state index in [0.29, 0.717) is 25.5 Å². The smallest absolute Gasteiger partial charge is 0.235 e. The minimum absolute atomic E-state index is 0.0528. The molecule has 0 aliphatic carbocycles. The van der Waals surface area contributed by atoms with Gasteiger partial charge < -0.3 is 15.0 Å². The lowest BCUT2D eigenvalue weighted by Crippen LogP contribution is -2.39. The molecule has 2 heterocycles. The van der Waals surface area contributed by atoms with Crippen molar-refractivity contribution in [2.45, 2.75) is 33.2 Å². The molecule has 0 atom stereocenters. The predicted octanol–water partition coefficient (Wildman–Crippen LogP) is 0.300. The number of morpholine rings is 1. The Morgan fingerprint density at radius 3 is 2.70 bits per heavy atom. The van der Waals surface area contributed by atoms with Crippen LogP contribution in [0.4, 0.5) is 5.82 Å². The Balaban J connectivity index is 1.91. The first kappa shape index (κ1) is 21.5. The largest absolute Gasteiger partial charge is 0.378 e. The summed E-state index contributed by atoms with van der Waals surface area (Å²) in [6.45, 7) is 6.60. The highest BCUT2D eigenvalue weighted by atomic mass is 32.2. The number of amides is 1. The molecule has 152 valence electrons. The molecular weight excluding hydrogens is 370 g/mol. The van der Waals surface area contributed by atoms with Crippen molar-refractivity contribution in [3.05, 3.63) is 17.6 Å². The molecule has 0 radical (unpaired) electrons. The molecule has 9 nitrogen and oxygen atoms in total. The van der Waals surface area contributed by atoms with Crippen LogP contribution in [-0.2, 0) is 26.1 Å². The van der Waals surface area contributed by atoms with Crippen molar-refractivity contribution >= 4 is 21.7 Å². The van der Waals surface area contributed by atoms with Crippen molar-refractivity contribution < 1.29 is 17.9 Å². The molecule has 1 amide bonds. The summed E-state index contributed by atoms with van der Waals surface area (Å²) in [5.74, 6) is 0.989. The molecule has 1 aromatic heterocycles. The van der Waals surface area contributed by atoms with Crippen LogP contribution >= 0.6 is 0 Å². The summed E-state index contributed by atoms with van der Waals surface area (Å²) in [5, 5.41) is 2.70. The standard InChI is InChI=1S/C17H29N5O4S/c1-4-5-10-27(24,25)21(3)13-17(23)18-12-15-19-14(2)11-16(20-15)22-6-8-26-9-7-22/h11H,4-10,12-13H2,1-3H3,(H,18,23). The second kappa shape index (κ2) is 9.95. The van der Waals surface area contributed by atoms with Crippen molar-refractivity contribution in [2.24, 2.45) is 0 Å². The molecule has 1 aliphatic rings. The van der Waals surface area contributed by atoms with Crippen LogP contribution in [0, 0.1) is 6.92 Å². The number of likely N-dealkylation sites (N-methyl/N-ethyl adjacent to an activating group) is 1. The van der Waals surface area contributed by atoms with Gasteiger partial charge in [-0.05, 0) is 13.3 Å². The number of carbonyl (C=O) groups excluding carboxylic acids is 1. The van der Waals surface area contributed by atoms with E-state index in [1.807, 2.05) is 19.9 Å². The molecule has 1 N–H and O–H groups in total. The van der Waals surface area contributed by atoms with Crippen LogP contribution in [0.15, 0.2) is 6.07 Å². The van der Waals surface area contributed by atoms with Crippen molar-refractivity contribution in [1.29, 1.82) is 0 Å². The van der Waals surface area contributed by atoms with Crippen LogP contribution in [0.1, 0.15) is 31.3 Å². The van der Waals surface area contributed by atoms with E-state index in [2.05, 4.69) is 20.2 Å². The van der Waals surface area contributed by atoms with Crippen molar-refractivity contribution in [3.63, 3.8) is 0 Å². The SMILES string of the molecule is CCCCS(=O)(=O)N(C)CC(=O)NCc1nc(C)cc(N2CCOCC2)n1. The van der Waals surface area contributed by atoms with Crippen LogP contribution in [0.5, 0.6) is 0 Å². The van der Waals surface area contributed by atoms with Crippen LogP contribution in [0.25, 0.3) is 0 Å². The van der Waals surface area contributed by atoms with Crippen LogP contribution in [0.3, 0.4) is 0 Å². The Labute approximate surface area is 161 Å². The quantitative estimate of drug-likeness (QED) is 0.637. The maximum Gasteiger partial charge on any atom is 0.235 e. The first-order valence-corrected chi connectivity index (χ1v) is 10.8. The molecule has 1 aliphatic heterocycles. The lowest BCUT2D eigenvalue weighted by Gasteiger charge is -2.28. The number of nitrogens with one attached hydrogen (secondary N) is 1. The number of rotatable bonds is 9. The number of unbranched alkanes of at least 4 members (excludes halogenated alkanes) is 1. The molecule has 0 aromatic carbocycles. The molecule has 1 aromatic rings. The Bertz CT molecular complexity index is 735. The second-order valence-electron chi connectivity index (χ2n) is 6.59. The molecule has 0 spiro atoms. The van der Waals surface area contributed by atoms with Crippen molar-refractivity contribution in [3.8, 4) is 0 Å². The number of aromatic nitrogens is 2. The van der Waals surface area contributed by atoms with Crippen LogP contribution < -0.4 is 10.2 Å². The van der Waals surface area contributed by atoms with Crippen LogP contribution in [0.2, 0.25) is 0 Å². The first-order chi connectivity index (χ1) is 12.8. The fraction of sp³-hybridized carbons (Fsp3) is 0.706. The Morgan fingerprint density at radius 1 is 1.33 bits per heavy atom. The van der Waals surface area contributed by atoms with E-state index in [0.717, 1.165) is 35.3 Å². The van der Waals surface area contributed by atoms with Gasteiger partial charge in [0.1, 0.15) is 11.6 Å². The fourth-order valence-electron chi connectivity index (χ4n) is 2.66. The zero-order valence-corrected chi connectivity index (χ0v) is 17.1. The molecule has 0 saturated carbocycles. The van der Waals surface area contributed by atoms with E-state index < -0.39 is 10.0 Å². The van der Waals surface area contributed by atoms with Gasteiger partial charge in [0.05, 0.1) is 32.1 Å². The average Bonchev–Trinajstić information content (AvgIpc) is 2.65. The van der Waals surface area contributed by atoms with E-state index in [9.17, 15) is 13.2 Å². The molecule has 10 heteroatoms. The third-order valence-corrected chi connectivity index (χ3v) is 6.15. The number of hydrogen-bond donors (Lipinski definition) is 1. The van der Waals surface area contributed by atoms with Gasteiger partial charge in [-0.2, -0.15) is 4.31 Å². The van der Waals surface area contributed by atoms with E-state index in [1.54, 1.807) is 0 Å². The lowest BCUT2D eigenvalue weighted by molar-refractivity contribution is -0.121. The molecular formula is C17H29N5O4S. The van der Waals surface area contributed by atoms with E-state index >= 15 is 0 Å². The normalized spacial score (nSPS) is 15.2. The number of aryl methyl sites for hydroxylation is 1. The molecule has 27 heavy (non-hydrogen) atoms. The van der Waals surface area contributed by atoms with Gasteiger partial charge in [-0.15, -0.1) is 0 Å². The minimum Gasteiger partial charge on any atom is -0.378 e. The average molecular weight is 400 g/mol. The van der Waals surface area contributed by atoms with E-state index in [4.69, 9.17) is 4.74 Å². The number of sulfonamides is 1. The maximum absolute atomic E-state index is 12.1. The topological polar surface area (TPSA) is 105 Å². The minimum atomic E-state index is -3.41. The van der Waals surface area contributed by atoms with Crippen LogP contribution in [-0.4, -0.2) is 74.2 Å². The molecule has 0 bridgehead atoms.